The van der Waals surface area contributed by atoms with Crippen LogP contribution in [0.15, 0.2) is 24.3 Å². The summed E-state index contributed by atoms with van der Waals surface area (Å²) in [5, 5.41) is 2.89. The lowest BCUT2D eigenvalue weighted by Gasteiger charge is -2.11. The molecule has 0 radical (unpaired) electrons. The van der Waals surface area contributed by atoms with Crippen molar-refractivity contribution in [3.63, 3.8) is 0 Å². The Balaban J connectivity index is 0.00000128. The average molecular weight is 241 g/mol. The van der Waals surface area contributed by atoms with Gasteiger partial charge in [-0.05, 0) is 25.0 Å². The quantitative estimate of drug-likeness (QED) is 0.781. The average Bonchev–Trinajstić information content (AvgIpc) is 2.74. The third-order valence-electron chi connectivity index (χ3n) is 2.94. The highest BCUT2D eigenvalue weighted by atomic mass is 35.5. The molecule has 0 atom stereocenters. The van der Waals surface area contributed by atoms with Crippen LogP contribution in [0.3, 0.4) is 0 Å². The Hall–Kier alpha value is -1.22. The topological polar surface area (TPSA) is 55.1 Å². The predicted molar refractivity (Wildman–Crippen MR) is 68.7 cm³/mol. The van der Waals surface area contributed by atoms with Gasteiger partial charge in [0.2, 0.25) is 5.91 Å². The number of nitrogens with one attached hydrogen (secondary N) is 1. The van der Waals surface area contributed by atoms with Crippen molar-refractivity contribution >= 4 is 29.7 Å². The fraction of sp³-hybridized carbons (Fsp3) is 0.417. The summed E-state index contributed by atoms with van der Waals surface area (Å²) in [5.41, 5.74) is 7.11. The minimum absolute atomic E-state index is 0. The van der Waals surface area contributed by atoms with Crippen molar-refractivity contribution in [2.24, 2.45) is 5.92 Å². The molecule has 0 spiro atoms. The molecule has 1 aliphatic carbocycles. The Kier molecular flexibility index (Phi) is 4.62. The van der Waals surface area contributed by atoms with E-state index in [2.05, 4.69) is 5.32 Å². The number of para-hydroxylation sites is 2. The van der Waals surface area contributed by atoms with Gasteiger partial charge in [-0.1, -0.05) is 25.0 Å². The number of amides is 1. The standard InChI is InChI=1S/C12H16N2O.ClH/c13-10-7-3-4-8-11(10)14-12(15)9-5-1-2-6-9;/h3-4,7-9H,1-2,5-6,13H2,(H,14,15);1H. The maximum absolute atomic E-state index is 11.8. The molecule has 0 aromatic heterocycles. The monoisotopic (exact) mass is 240 g/mol. The normalized spacial score (nSPS) is 15.5. The number of nitrogen functional groups attached to an aromatic ring is 1. The summed E-state index contributed by atoms with van der Waals surface area (Å²) < 4.78 is 0. The van der Waals surface area contributed by atoms with Crippen molar-refractivity contribution in [1.82, 2.24) is 0 Å². The zero-order valence-electron chi connectivity index (χ0n) is 9.11. The Morgan fingerprint density at radius 3 is 2.50 bits per heavy atom. The van der Waals surface area contributed by atoms with Gasteiger partial charge in [-0.3, -0.25) is 4.79 Å². The molecule has 4 heteroatoms. The van der Waals surface area contributed by atoms with Crippen LogP contribution in [0, 0.1) is 5.92 Å². The van der Waals surface area contributed by atoms with Gasteiger partial charge in [0.15, 0.2) is 0 Å². The zero-order valence-corrected chi connectivity index (χ0v) is 9.93. The zero-order chi connectivity index (χ0) is 10.7. The minimum Gasteiger partial charge on any atom is -0.397 e. The van der Waals surface area contributed by atoms with E-state index < -0.39 is 0 Å². The van der Waals surface area contributed by atoms with E-state index in [1.54, 1.807) is 6.07 Å². The molecule has 0 bridgehead atoms. The summed E-state index contributed by atoms with van der Waals surface area (Å²) in [7, 11) is 0. The van der Waals surface area contributed by atoms with Gasteiger partial charge in [-0.15, -0.1) is 12.4 Å². The van der Waals surface area contributed by atoms with Crippen LogP contribution in [0.25, 0.3) is 0 Å². The lowest BCUT2D eigenvalue weighted by atomic mass is 10.1. The highest BCUT2D eigenvalue weighted by molar-refractivity contribution is 5.95. The SMILES string of the molecule is Cl.Nc1ccccc1NC(=O)C1CCCC1. The Morgan fingerprint density at radius 1 is 1.25 bits per heavy atom. The molecule has 3 nitrogen and oxygen atoms in total. The third-order valence-corrected chi connectivity index (χ3v) is 2.94. The number of rotatable bonds is 2. The molecule has 3 N–H and O–H groups in total. The molecule has 0 saturated heterocycles. The van der Waals surface area contributed by atoms with Crippen molar-refractivity contribution in [3.05, 3.63) is 24.3 Å². The second-order valence-corrected chi connectivity index (χ2v) is 4.06. The number of nitrogens with two attached hydrogens (primary N) is 1. The Labute approximate surface area is 102 Å². The molecule has 1 aromatic carbocycles. The first-order valence-corrected chi connectivity index (χ1v) is 5.43. The smallest absolute Gasteiger partial charge is 0.227 e. The molecule has 1 aliphatic rings. The van der Waals surface area contributed by atoms with E-state index in [0.717, 1.165) is 18.5 Å². The maximum Gasteiger partial charge on any atom is 0.227 e. The Morgan fingerprint density at radius 2 is 1.88 bits per heavy atom. The van der Waals surface area contributed by atoms with Crippen molar-refractivity contribution in [2.75, 3.05) is 11.1 Å². The van der Waals surface area contributed by atoms with Gasteiger partial charge in [-0.2, -0.15) is 0 Å². The van der Waals surface area contributed by atoms with Gasteiger partial charge < -0.3 is 11.1 Å². The second-order valence-electron chi connectivity index (χ2n) is 4.06. The van der Waals surface area contributed by atoms with Crippen molar-refractivity contribution in [1.29, 1.82) is 0 Å². The van der Waals surface area contributed by atoms with Crippen LogP contribution in [0.2, 0.25) is 0 Å². The van der Waals surface area contributed by atoms with Crippen LogP contribution < -0.4 is 11.1 Å². The number of carbonyl (C=O) groups excluding carboxylic acids is 1. The van der Waals surface area contributed by atoms with E-state index >= 15 is 0 Å². The van der Waals surface area contributed by atoms with Gasteiger partial charge in [0.1, 0.15) is 0 Å². The lowest BCUT2D eigenvalue weighted by Crippen LogP contribution is -2.20. The van der Waals surface area contributed by atoms with E-state index in [1.807, 2.05) is 18.2 Å². The number of halogens is 1. The number of carbonyl (C=O) groups is 1. The first-order chi connectivity index (χ1) is 7.27. The molecular weight excluding hydrogens is 224 g/mol. The maximum atomic E-state index is 11.8. The van der Waals surface area contributed by atoms with Gasteiger partial charge in [0.25, 0.3) is 0 Å². The largest absolute Gasteiger partial charge is 0.397 e. The predicted octanol–water partition coefficient (Wildman–Crippen LogP) is 2.82. The number of hydrogen-bond donors (Lipinski definition) is 2. The molecular formula is C12H17ClN2O. The molecule has 0 heterocycles. The molecule has 0 unspecified atom stereocenters. The van der Waals surface area contributed by atoms with E-state index in [-0.39, 0.29) is 24.2 Å². The van der Waals surface area contributed by atoms with Crippen LogP contribution in [-0.2, 0) is 4.79 Å². The highest BCUT2D eigenvalue weighted by Crippen LogP contribution is 2.27. The van der Waals surface area contributed by atoms with E-state index in [4.69, 9.17) is 5.73 Å². The van der Waals surface area contributed by atoms with E-state index in [0.29, 0.717) is 5.69 Å². The fourth-order valence-electron chi connectivity index (χ4n) is 2.03. The molecule has 1 fully saturated rings. The molecule has 2 rings (SSSR count). The van der Waals surface area contributed by atoms with Crippen molar-refractivity contribution in [3.8, 4) is 0 Å². The van der Waals surface area contributed by atoms with Crippen molar-refractivity contribution in [2.45, 2.75) is 25.7 Å². The number of benzene rings is 1. The summed E-state index contributed by atoms with van der Waals surface area (Å²) in [6.45, 7) is 0. The summed E-state index contributed by atoms with van der Waals surface area (Å²) in [6.07, 6.45) is 4.36. The first kappa shape index (κ1) is 12.8. The molecule has 0 aliphatic heterocycles. The molecule has 88 valence electrons. The molecule has 1 amide bonds. The van der Waals surface area contributed by atoms with Crippen LogP contribution in [0.1, 0.15) is 25.7 Å². The van der Waals surface area contributed by atoms with Gasteiger partial charge in [-0.25, -0.2) is 0 Å². The number of hydrogen-bond acceptors (Lipinski definition) is 2. The highest BCUT2D eigenvalue weighted by Gasteiger charge is 2.22. The fourth-order valence-corrected chi connectivity index (χ4v) is 2.03. The van der Waals surface area contributed by atoms with Crippen LogP contribution in [0.5, 0.6) is 0 Å². The van der Waals surface area contributed by atoms with Crippen LogP contribution in [-0.4, -0.2) is 5.91 Å². The van der Waals surface area contributed by atoms with Crippen molar-refractivity contribution < 1.29 is 4.79 Å². The minimum atomic E-state index is 0. The summed E-state index contributed by atoms with van der Waals surface area (Å²) in [5.74, 6) is 0.301. The molecule has 16 heavy (non-hydrogen) atoms. The molecule has 1 saturated carbocycles. The van der Waals surface area contributed by atoms with E-state index in [1.165, 1.54) is 12.8 Å². The van der Waals surface area contributed by atoms with Gasteiger partial charge >= 0.3 is 0 Å². The third kappa shape index (κ3) is 2.89. The van der Waals surface area contributed by atoms with Gasteiger partial charge in [0.05, 0.1) is 11.4 Å². The van der Waals surface area contributed by atoms with E-state index in [9.17, 15) is 4.79 Å². The summed E-state index contributed by atoms with van der Waals surface area (Å²) >= 11 is 0. The molecule has 1 aromatic rings. The van der Waals surface area contributed by atoms with Gasteiger partial charge in [0, 0.05) is 5.92 Å². The lowest BCUT2D eigenvalue weighted by molar-refractivity contribution is -0.119. The Bertz CT molecular complexity index is 362. The summed E-state index contributed by atoms with van der Waals surface area (Å²) in [6, 6.07) is 7.37. The first-order valence-electron chi connectivity index (χ1n) is 5.43. The second kappa shape index (κ2) is 5.75. The van der Waals surface area contributed by atoms with Crippen LogP contribution in [0.4, 0.5) is 11.4 Å². The summed E-state index contributed by atoms with van der Waals surface area (Å²) in [4.78, 5) is 11.8. The number of anilines is 2. The van der Waals surface area contributed by atoms with Crippen LogP contribution >= 0.6 is 12.4 Å².